The van der Waals surface area contributed by atoms with Crippen LogP contribution in [0.1, 0.15) is 44.4 Å². The fourth-order valence-electron chi connectivity index (χ4n) is 3.81. The van der Waals surface area contributed by atoms with E-state index in [0.29, 0.717) is 23.8 Å². The summed E-state index contributed by atoms with van der Waals surface area (Å²) >= 11 is 0. The number of para-hydroxylation sites is 1. The minimum absolute atomic E-state index is 0. The zero-order valence-corrected chi connectivity index (χ0v) is 22.0. The number of rotatable bonds is 7. The molecule has 1 aliphatic heterocycles. The molecule has 1 aliphatic rings. The lowest BCUT2D eigenvalue weighted by atomic mass is 9.90. The zero-order chi connectivity index (χ0) is 22.4. The van der Waals surface area contributed by atoms with Crippen LogP contribution in [0.4, 0.5) is 0 Å². The summed E-state index contributed by atoms with van der Waals surface area (Å²) in [5.41, 5.74) is 1.83. The van der Waals surface area contributed by atoms with Gasteiger partial charge in [-0.2, -0.15) is 0 Å². The number of methoxy groups -OCH3 is 3. The van der Waals surface area contributed by atoms with E-state index < -0.39 is 0 Å². The van der Waals surface area contributed by atoms with Crippen molar-refractivity contribution in [3.63, 3.8) is 0 Å². The molecule has 0 aromatic heterocycles. The summed E-state index contributed by atoms with van der Waals surface area (Å²) < 4.78 is 22.5. The monoisotopic (exact) mass is 555 g/mol. The number of nitrogens with one attached hydrogen (secondary N) is 2. The van der Waals surface area contributed by atoms with Gasteiger partial charge in [-0.25, -0.2) is 4.99 Å². The van der Waals surface area contributed by atoms with Crippen LogP contribution in [-0.4, -0.2) is 39.4 Å². The largest absolute Gasteiger partial charge is 0.493 e. The van der Waals surface area contributed by atoms with Crippen LogP contribution in [0.3, 0.4) is 0 Å². The summed E-state index contributed by atoms with van der Waals surface area (Å²) in [6.07, 6.45) is 0.832. The number of guanidine groups is 1. The predicted molar refractivity (Wildman–Crippen MR) is 138 cm³/mol. The Hall–Kier alpha value is -2.36. The standard InChI is InChI=1S/C24H33N3O4.HI/c1-7-25-23(26-15-16-12-20(28-4)22(30-6)21(13-16)29-5)27-18-14-24(2,3)31-19-11-9-8-10-17(18)19;/h8-13,18H,7,14-15H2,1-6H3,(H2,25,26,27);1H. The third-order valence-corrected chi connectivity index (χ3v) is 5.18. The summed E-state index contributed by atoms with van der Waals surface area (Å²) in [6.45, 7) is 7.49. The van der Waals surface area contributed by atoms with Gasteiger partial charge in [0.15, 0.2) is 17.5 Å². The summed E-state index contributed by atoms with van der Waals surface area (Å²) in [5, 5.41) is 6.94. The third kappa shape index (κ3) is 6.11. The smallest absolute Gasteiger partial charge is 0.203 e. The van der Waals surface area contributed by atoms with Gasteiger partial charge in [0.25, 0.3) is 0 Å². The van der Waals surface area contributed by atoms with Crippen LogP contribution in [0.5, 0.6) is 23.0 Å². The van der Waals surface area contributed by atoms with Gasteiger partial charge in [0.2, 0.25) is 5.75 Å². The molecule has 2 aromatic carbocycles. The van der Waals surface area contributed by atoms with Crippen LogP contribution >= 0.6 is 24.0 Å². The van der Waals surface area contributed by atoms with E-state index in [1.807, 2.05) is 30.3 Å². The molecule has 2 aromatic rings. The molecular formula is C24H34IN3O4. The number of nitrogens with zero attached hydrogens (tertiary/aromatic N) is 1. The van der Waals surface area contributed by atoms with Crippen LogP contribution in [0, 0.1) is 0 Å². The molecule has 0 spiro atoms. The van der Waals surface area contributed by atoms with Crippen molar-refractivity contribution in [3.8, 4) is 23.0 Å². The van der Waals surface area contributed by atoms with E-state index in [9.17, 15) is 0 Å². The highest BCUT2D eigenvalue weighted by Crippen LogP contribution is 2.40. The van der Waals surface area contributed by atoms with Crippen molar-refractivity contribution in [1.29, 1.82) is 0 Å². The SMILES string of the molecule is CCNC(=NCc1cc(OC)c(OC)c(OC)c1)NC1CC(C)(C)Oc2ccccc21.I. The van der Waals surface area contributed by atoms with E-state index in [-0.39, 0.29) is 35.6 Å². The van der Waals surface area contributed by atoms with Gasteiger partial charge in [0.05, 0.1) is 33.9 Å². The van der Waals surface area contributed by atoms with E-state index in [2.05, 4.69) is 37.5 Å². The lowest BCUT2D eigenvalue weighted by Gasteiger charge is -2.38. The lowest BCUT2D eigenvalue weighted by Crippen LogP contribution is -2.45. The van der Waals surface area contributed by atoms with Gasteiger partial charge in [-0.05, 0) is 44.5 Å². The normalized spacial score (nSPS) is 16.7. The Morgan fingerprint density at radius 2 is 1.75 bits per heavy atom. The Labute approximate surface area is 207 Å². The molecule has 0 saturated carbocycles. The second-order valence-corrected chi connectivity index (χ2v) is 8.03. The van der Waals surface area contributed by atoms with Gasteiger partial charge in [-0.15, -0.1) is 24.0 Å². The first-order valence-corrected chi connectivity index (χ1v) is 10.5. The van der Waals surface area contributed by atoms with E-state index >= 15 is 0 Å². The topological polar surface area (TPSA) is 73.3 Å². The second kappa shape index (κ2) is 11.5. The molecule has 1 heterocycles. The van der Waals surface area contributed by atoms with E-state index in [4.69, 9.17) is 23.9 Å². The van der Waals surface area contributed by atoms with E-state index in [0.717, 1.165) is 35.8 Å². The first kappa shape index (κ1) is 25.9. The van der Waals surface area contributed by atoms with E-state index in [1.165, 1.54) is 0 Å². The van der Waals surface area contributed by atoms with Crippen LogP contribution in [0.2, 0.25) is 0 Å². The van der Waals surface area contributed by atoms with Crippen LogP contribution in [0.15, 0.2) is 41.4 Å². The quantitative estimate of drug-likeness (QED) is 0.294. The molecule has 7 nitrogen and oxygen atoms in total. The Morgan fingerprint density at radius 1 is 1.09 bits per heavy atom. The molecule has 0 saturated heterocycles. The number of ether oxygens (including phenoxy) is 4. The Kier molecular flexibility index (Phi) is 9.30. The minimum Gasteiger partial charge on any atom is -0.493 e. The van der Waals surface area contributed by atoms with Crippen molar-refractivity contribution in [2.24, 2.45) is 4.99 Å². The maximum atomic E-state index is 6.15. The first-order chi connectivity index (χ1) is 14.9. The Bertz CT molecular complexity index is 908. The number of hydrogen-bond donors (Lipinski definition) is 2. The molecule has 0 bridgehead atoms. The predicted octanol–water partition coefficient (Wildman–Crippen LogP) is 4.69. The van der Waals surface area contributed by atoms with Crippen LogP contribution in [-0.2, 0) is 6.54 Å². The number of fused-ring (bicyclic) bond motifs is 1. The fraction of sp³-hybridized carbons (Fsp3) is 0.458. The maximum Gasteiger partial charge on any atom is 0.203 e. The van der Waals surface area contributed by atoms with Crippen LogP contribution in [0.25, 0.3) is 0 Å². The average molecular weight is 555 g/mol. The van der Waals surface area contributed by atoms with Crippen molar-refractivity contribution in [1.82, 2.24) is 10.6 Å². The number of aliphatic imine (C=N–C) groups is 1. The fourth-order valence-corrected chi connectivity index (χ4v) is 3.81. The minimum atomic E-state index is -0.264. The molecule has 0 aliphatic carbocycles. The zero-order valence-electron chi connectivity index (χ0n) is 19.7. The highest BCUT2D eigenvalue weighted by Gasteiger charge is 2.34. The van der Waals surface area contributed by atoms with E-state index in [1.54, 1.807) is 21.3 Å². The van der Waals surface area contributed by atoms with Crippen molar-refractivity contribution in [3.05, 3.63) is 47.5 Å². The van der Waals surface area contributed by atoms with Crippen molar-refractivity contribution in [2.45, 2.75) is 45.4 Å². The molecule has 8 heteroatoms. The molecule has 0 fully saturated rings. The summed E-state index contributed by atoms with van der Waals surface area (Å²) in [4.78, 5) is 4.81. The summed E-state index contributed by atoms with van der Waals surface area (Å²) in [6, 6.07) is 12.1. The number of benzene rings is 2. The molecule has 1 unspecified atom stereocenters. The molecule has 176 valence electrons. The molecule has 32 heavy (non-hydrogen) atoms. The molecule has 0 amide bonds. The highest BCUT2D eigenvalue weighted by atomic mass is 127. The molecule has 2 N–H and O–H groups in total. The van der Waals surface area contributed by atoms with Gasteiger partial charge in [-0.3, -0.25) is 0 Å². The van der Waals surface area contributed by atoms with Gasteiger partial charge >= 0.3 is 0 Å². The lowest BCUT2D eigenvalue weighted by molar-refractivity contribution is 0.0694. The van der Waals surface area contributed by atoms with Crippen molar-refractivity contribution < 1.29 is 18.9 Å². The number of hydrogen-bond acceptors (Lipinski definition) is 5. The average Bonchev–Trinajstić information content (AvgIpc) is 2.75. The van der Waals surface area contributed by atoms with Gasteiger partial charge in [0, 0.05) is 18.5 Å². The summed E-state index contributed by atoms with van der Waals surface area (Å²) in [7, 11) is 4.82. The summed E-state index contributed by atoms with van der Waals surface area (Å²) in [5.74, 6) is 3.46. The first-order valence-electron chi connectivity index (χ1n) is 10.5. The van der Waals surface area contributed by atoms with Crippen molar-refractivity contribution >= 4 is 29.9 Å². The van der Waals surface area contributed by atoms with Crippen molar-refractivity contribution in [2.75, 3.05) is 27.9 Å². The second-order valence-electron chi connectivity index (χ2n) is 8.03. The Balaban J connectivity index is 0.00000363. The molecule has 1 atom stereocenters. The highest BCUT2D eigenvalue weighted by molar-refractivity contribution is 14.0. The number of halogens is 1. The third-order valence-electron chi connectivity index (χ3n) is 5.18. The maximum absolute atomic E-state index is 6.15. The molecule has 0 radical (unpaired) electrons. The molecular weight excluding hydrogens is 521 g/mol. The van der Waals surface area contributed by atoms with Gasteiger partial charge in [0.1, 0.15) is 11.4 Å². The Morgan fingerprint density at radius 3 is 2.34 bits per heavy atom. The molecule has 3 rings (SSSR count). The van der Waals surface area contributed by atoms with Gasteiger partial charge < -0.3 is 29.6 Å². The van der Waals surface area contributed by atoms with Gasteiger partial charge in [-0.1, -0.05) is 18.2 Å². The van der Waals surface area contributed by atoms with Crippen LogP contribution < -0.4 is 29.6 Å².